The number of nitrogens with one attached hydrogen (secondary N) is 5. The number of aryl methyl sites for hydroxylation is 10. The molecular weight excluding hydrogens is 1720 g/mol. The third-order valence-electron chi connectivity index (χ3n) is 22.2. The maximum atomic E-state index is 12.9. The van der Waals surface area contributed by atoms with E-state index in [9.17, 15) is 19.2 Å². The molecular formula is C104H132Cl5N11O9. The zero-order valence-electron chi connectivity index (χ0n) is 78.3. The molecule has 2 saturated heterocycles. The highest BCUT2D eigenvalue weighted by Gasteiger charge is 2.23. The fourth-order valence-corrected chi connectivity index (χ4v) is 15.0. The van der Waals surface area contributed by atoms with Gasteiger partial charge in [0.05, 0.1) is 28.9 Å². The van der Waals surface area contributed by atoms with Crippen LogP contribution in [0, 0.1) is 69.2 Å². The van der Waals surface area contributed by atoms with Crippen molar-refractivity contribution in [2.75, 3.05) is 180 Å². The van der Waals surface area contributed by atoms with Gasteiger partial charge in [0.15, 0.2) is 0 Å². The minimum Gasteiger partial charge on any atom is -0.493 e. The highest BCUT2D eigenvalue weighted by molar-refractivity contribution is 6.33. The van der Waals surface area contributed by atoms with Gasteiger partial charge in [-0.05, 0) is 327 Å². The van der Waals surface area contributed by atoms with Crippen LogP contribution in [0.2, 0.25) is 25.1 Å². The number of ether oxygens (including phenoxy) is 5. The molecule has 25 heteroatoms. The molecule has 2 heterocycles. The standard InChI is InChI=1S/C22H28ClN3O2.C22H27ClN2O2.C22H29ClN2O2.C19H23ClN2O2.C19H25ClN2O/c1-16-5-4-6-20(28-14-13-26-11-9-25(3)10-12-26)21(16)22(27)24-18-7-8-19(23)17(2)15-18;1-16-7-6-8-20(27-14-13-25-11-4-3-5-12-25)21(16)22(26)24-18-9-10-19(23)17(2)15-18;1-5-25(6-2)13-8-14-27-20-10-7-9-16(3)21(20)22(26)24-18-11-12-19(23)17(4)15-18;1-13-6-5-7-17(24-11-10-22(3)4)18(13)19(23)21-15-8-9-16(20)14(2)12-15;1-14-6-5-7-19(23-11-10-22(3)4)17(14)13-21-16-8-9-18(20)15(2)12-16/h4-8,15H,9-14H2,1-3H3,(H,24,27);6-10,15H,3-5,11-14H2,1-2H3,(H,24,26);7,9-12,15H,5-6,8,13-14H2,1-4H3,(H,24,26);5-9,12H,10-11H2,1-4H3,(H,21,23);5-9,12,21H,10-11,13H2,1-4H3. The number of benzene rings is 10. The van der Waals surface area contributed by atoms with Crippen LogP contribution in [-0.4, -0.2) is 206 Å². The van der Waals surface area contributed by atoms with E-state index in [-0.39, 0.29) is 23.6 Å². The lowest BCUT2D eigenvalue weighted by Crippen LogP contribution is -2.45. The smallest absolute Gasteiger partial charge is 0.259 e. The second-order valence-electron chi connectivity index (χ2n) is 33.1. The predicted molar refractivity (Wildman–Crippen MR) is 537 cm³/mol. The van der Waals surface area contributed by atoms with Gasteiger partial charge in [0.1, 0.15) is 55.2 Å². The first-order valence-electron chi connectivity index (χ1n) is 44.4. The van der Waals surface area contributed by atoms with Crippen molar-refractivity contribution < 1.29 is 42.9 Å². The van der Waals surface area contributed by atoms with Crippen LogP contribution in [0.4, 0.5) is 28.4 Å². The summed E-state index contributed by atoms with van der Waals surface area (Å²) >= 11 is 30.3. The molecule has 0 aromatic heterocycles. The summed E-state index contributed by atoms with van der Waals surface area (Å²) < 4.78 is 29.7. The normalized spacial score (nSPS) is 12.7. The van der Waals surface area contributed by atoms with Crippen molar-refractivity contribution in [3.63, 3.8) is 0 Å². The highest BCUT2D eigenvalue weighted by atomic mass is 35.5. The van der Waals surface area contributed by atoms with Gasteiger partial charge in [0.25, 0.3) is 23.6 Å². The van der Waals surface area contributed by atoms with E-state index in [0.29, 0.717) is 104 Å². The summed E-state index contributed by atoms with van der Waals surface area (Å²) in [5, 5.41) is 18.8. The summed E-state index contributed by atoms with van der Waals surface area (Å²) in [6.45, 7) is 40.5. The van der Waals surface area contributed by atoms with Crippen molar-refractivity contribution >= 4 is 110 Å². The minimum atomic E-state index is -0.185. The van der Waals surface area contributed by atoms with Gasteiger partial charge in [-0.3, -0.25) is 29.0 Å². The lowest BCUT2D eigenvalue weighted by Gasteiger charge is -2.32. The summed E-state index contributed by atoms with van der Waals surface area (Å²) in [5.41, 5.74) is 17.0. The number of nitrogens with zero attached hydrogens (tertiary/aromatic N) is 6. The molecule has 0 spiro atoms. The molecule has 12 rings (SSSR count). The van der Waals surface area contributed by atoms with E-state index in [0.717, 1.165) is 182 Å². The van der Waals surface area contributed by atoms with Crippen LogP contribution in [0.15, 0.2) is 182 Å². The molecule has 5 N–H and O–H groups in total. The summed E-state index contributed by atoms with van der Waals surface area (Å²) in [7, 11) is 10.2. The van der Waals surface area contributed by atoms with Crippen LogP contribution in [0.5, 0.6) is 28.7 Å². The van der Waals surface area contributed by atoms with Crippen molar-refractivity contribution in [2.24, 2.45) is 0 Å². The van der Waals surface area contributed by atoms with Crippen LogP contribution in [0.1, 0.15) is 142 Å². The number of carbonyl (C=O) groups excluding carboxylic acids is 4. The van der Waals surface area contributed by atoms with Gasteiger partial charge in [-0.15, -0.1) is 0 Å². The van der Waals surface area contributed by atoms with E-state index in [4.69, 9.17) is 81.7 Å². The number of hydrogen-bond donors (Lipinski definition) is 5. The number of piperidine rings is 1. The number of hydrogen-bond acceptors (Lipinski definition) is 16. The van der Waals surface area contributed by atoms with Crippen LogP contribution in [-0.2, 0) is 6.54 Å². The Labute approximate surface area is 791 Å². The fraction of sp³-hybridized carbons (Fsp3) is 0.385. The molecule has 2 aliphatic heterocycles. The first kappa shape index (κ1) is 104. The average molecular weight is 1860 g/mol. The summed E-state index contributed by atoms with van der Waals surface area (Å²) in [5.74, 6) is 2.73. The molecule has 129 heavy (non-hydrogen) atoms. The zero-order chi connectivity index (χ0) is 93.6. The largest absolute Gasteiger partial charge is 0.493 e. The van der Waals surface area contributed by atoms with Crippen molar-refractivity contribution in [1.29, 1.82) is 0 Å². The Morgan fingerprint density at radius 1 is 0.333 bits per heavy atom. The second kappa shape index (κ2) is 54.0. The molecule has 0 saturated carbocycles. The second-order valence-corrected chi connectivity index (χ2v) is 35.1. The van der Waals surface area contributed by atoms with Gasteiger partial charge in [-0.1, -0.05) is 139 Å². The van der Waals surface area contributed by atoms with Gasteiger partial charge in [-0.25, -0.2) is 0 Å². The van der Waals surface area contributed by atoms with E-state index in [2.05, 4.69) is 91.0 Å². The first-order valence-corrected chi connectivity index (χ1v) is 46.2. The van der Waals surface area contributed by atoms with E-state index >= 15 is 0 Å². The Morgan fingerprint density at radius 2 is 0.628 bits per heavy atom. The van der Waals surface area contributed by atoms with E-state index < -0.39 is 0 Å². The summed E-state index contributed by atoms with van der Waals surface area (Å²) in [6, 6.07) is 56.7. The number of anilines is 5. The fourth-order valence-electron chi connectivity index (χ4n) is 14.4. The van der Waals surface area contributed by atoms with Crippen LogP contribution in [0.25, 0.3) is 0 Å². The molecule has 0 radical (unpaired) electrons. The number of halogens is 5. The van der Waals surface area contributed by atoms with Crippen LogP contribution >= 0.6 is 58.0 Å². The van der Waals surface area contributed by atoms with Crippen molar-refractivity contribution in [3.8, 4) is 28.7 Å². The number of rotatable bonds is 34. The first-order chi connectivity index (χ1) is 61.8. The minimum absolute atomic E-state index is 0.164. The molecule has 0 aliphatic carbocycles. The lowest BCUT2D eigenvalue weighted by atomic mass is 10.1. The monoisotopic (exact) mass is 1850 g/mol. The zero-order valence-corrected chi connectivity index (χ0v) is 82.1. The van der Waals surface area contributed by atoms with Crippen molar-refractivity contribution in [1.82, 2.24) is 29.4 Å². The number of likely N-dealkylation sites (tertiary alicyclic amines) is 1. The molecule has 10 aromatic rings. The quantitative estimate of drug-likeness (QED) is 0.0239. The van der Waals surface area contributed by atoms with Crippen molar-refractivity contribution in [2.45, 2.75) is 115 Å². The molecule has 2 fully saturated rings. The number of amides is 4. The Balaban J connectivity index is 0.000000200. The van der Waals surface area contributed by atoms with E-state index in [1.54, 1.807) is 42.5 Å². The summed E-state index contributed by atoms with van der Waals surface area (Å²) in [4.78, 5) is 65.0. The molecule has 2 aliphatic rings. The summed E-state index contributed by atoms with van der Waals surface area (Å²) in [6.07, 6.45) is 4.77. The average Bonchev–Trinajstić information content (AvgIpc) is 0.840. The maximum absolute atomic E-state index is 12.9. The van der Waals surface area contributed by atoms with Crippen molar-refractivity contribution in [3.05, 3.63) is 291 Å². The SMILES string of the molecule is CCN(CC)CCCOc1cccc(C)c1C(=O)Nc1ccc(Cl)c(C)c1.Cc1cc(NC(=O)c2c(C)cccc2OCCN(C)C)ccc1Cl.Cc1cc(NC(=O)c2c(C)cccc2OCCN2CCCCC2)ccc1Cl.Cc1cc(NC(=O)c2c(C)cccc2OCCN2CCN(C)CC2)ccc1Cl.Cc1cc(NCc2c(C)cccc2OCCN(C)C)ccc1Cl. The Morgan fingerprint density at radius 3 is 0.961 bits per heavy atom. The molecule has 20 nitrogen and oxygen atoms in total. The van der Waals surface area contributed by atoms with Gasteiger partial charge >= 0.3 is 0 Å². The third-order valence-corrected chi connectivity index (χ3v) is 24.4. The molecule has 0 bridgehead atoms. The topological polar surface area (TPSA) is 194 Å². The maximum Gasteiger partial charge on any atom is 0.259 e. The number of piperazine rings is 1. The van der Waals surface area contributed by atoms with Gasteiger partial charge < -0.3 is 69.9 Å². The van der Waals surface area contributed by atoms with E-state index in [1.165, 1.54) is 30.4 Å². The Bertz CT molecular complexity index is 5290. The predicted octanol–water partition coefficient (Wildman–Crippen LogP) is 22.9. The highest BCUT2D eigenvalue weighted by Crippen LogP contribution is 2.33. The Hall–Kier alpha value is -9.91. The molecule has 692 valence electrons. The number of carbonyl (C=O) groups is 4. The van der Waals surface area contributed by atoms with Gasteiger partial charge in [0.2, 0.25) is 0 Å². The number of likely N-dealkylation sites (N-methyl/N-ethyl adjacent to an activating group) is 3. The molecule has 10 aromatic carbocycles. The molecule has 0 unspecified atom stereocenters. The van der Waals surface area contributed by atoms with E-state index in [1.807, 2.05) is 223 Å². The van der Waals surface area contributed by atoms with Crippen LogP contribution in [0.3, 0.4) is 0 Å². The molecule has 0 atom stereocenters. The lowest BCUT2D eigenvalue weighted by molar-refractivity contribution is 0.101. The Kier molecular flexibility index (Phi) is 43.8. The van der Waals surface area contributed by atoms with Gasteiger partial charge in [0, 0.05) is 125 Å². The third kappa shape index (κ3) is 34.4. The molecule has 4 amide bonds. The van der Waals surface area contributed by atoms with Gasteiger partial charge in [-0.2, -0.15) is 0 Å². The van der Waals surface area contributed by atoms with Crippen LogP contribution < -0.4 is 50.3 Å².